The summed E-state index contributed by atoms with van der Waals surface area (Å²) in [5.74, 6) is 0. The molecule has 1 saturated heterocycles. The van der Waals surface area contributed by atoms with Gasteiger partial charge in [-0.2, -0.15) is 0 Å². The highest BCUT2D eigenvalue weighted by Crippen LogP contribution is 2.06. The first kappa shape index (κ1) is 11.9. The Bertz CT molecular complexity index is 443. The average molecular weight is 235 g/mol. The summed E-state index contributed by atoms with van der Waals surface area (Å²) in [6, 6.07) is 5.20. The second kappa shape index (κ2) is 5.63. The Hall–Kier alpha value is -1.62. The molecule has 1 aromatic heterocycles. The minimum absolute atomic E-state index is 0.0436. The molecule has 1 aliphatic rings. The summed E-state index contributed by atoms with van der Waals surface area (Å²) in [7, 11) is 0. The summed E-state index contributed by atoms with van der Waals surface area (Å²) in [5.41, 5.74) is 0.917. The molecule has 92 valence electrons. The van der Waals surface area contributed by atoms with E-state index in [9.17, 15) is 4.79 Å². The van der Waals surface area contributed by atoms with Crippen LogP contribution in [0.5, 0.6) is 0 Å². The number of piperidine rings is 1. The molecule has 1 N–H and O–H groups in total. The van der Waals surface area contributed by atoms with E-state index in [2.05, 4.69) is 10.1 Å². The summed E-state index contributed by atoms with van der Waals surface area (Å²) >= 11 is 0. The minimum atomic E-state index is 0.0436. The molecule has 0 amide bonds. The van der Waals surface area contributed by atoms with Crippen molar-refractivity contribution in [3.63, 3.8) is 0 Å². The maximum absolute atomic E-state index is 11.5. The monoisotopic (exact) mass is 235 g/mol. The Kier molecular flexibility index (Phi) is 3.93. The molecule has 0 radical (unpaired) electrons. The molecule has 2 heterocycles. The first-order chi connectivity index (χ1) is 8.29. The highest BCUT2D eigenvalue weighted by molar-refractivity contribution is 5.84. The SMILES string of the molecule is O=c1ccccn1CCN1CCC(=NO)CC1. The van der Waals surface area contributed by atoms with Crippen molar-refractivity contribution in [3.05, 3.63) is 34.7 Å². The third-order valence-electron chi connectivity index (χ3n) is 3.13. The number of nitrogens with zero attached hydrogens (tertiary/aromatic N) is 3. The summed E-state index contributed by atoms with van der Waals surface area (Å²) in [4.78, 5) is 13.8. The van der Waals surface area contributed by atoms with Crippen molar-refractivity contribution >= 4 is 5.71 Å². The van der Waals surface area contributed by atoms with E-state index >= 15 is 0 Å². The molecule has 1 fully saturated rings. The van der Waals surface area contributed by atoms with E-state index in [1.54, 1.807) is 16.7 Å². The van der Waals surface area contributed by atoms with Crippen LogP contribution in [0.1, 0.15) is 12.8 Å². The standard InChI is InChI=1S/C12H17N3O2/c16-12-3-1-2-6-15(12)10-9-14-7-4-11(13-17)5-8-14/h1-3,6,17H,4-5,7-10H2. The topological polar surface area (TPSA) is 57.8 Å². The molecule has 1 aromatic rings. The number of likely N-dealkylation sites (tertiary alicyclic amines) is 1. The van der Waals surface area contributed by atoms with Crippen molar-refractivity contribution in [2.75, 3.05) is 19.6 Å². The van der Waals surface area contributed by atoms with Gasteiger partial charge in [0.1, 0.15) is 0 Å². The fourth-order valence-electron chi connectivity index (χ4n) is 2.03. The second-order valence-corrected chi connectivity index (χ2v) is 4.24. The Morgan fingerprint density at radius 3 is 2.65 bits per heavy atom. The van der Waals surface area contributed by atoms with Crippen LogP contribution in [0.15, 0.2) is 34.3 Å². The molecule has 1 aliphatic heterocycles. The molecule has 5 heteroatoms. The van der Waals surface area contributed by atoms with Gasteiger partial charge in [-0.15, -0.1) is 0 Å². The van der Waals surface area contributed by atoms with Crippen LogP contribution in [-0.4, -0.2) is 40.0 Å². The maximum Gasteiger partial charge on any atom is 0.250 e. The molecule has 0 spiro atoms. The van der Waals surface area contributed by atoms with E-state index in [0.717, 1.165) is 38.2 Å². The normalized spacial score (nSPS) is 17.1. The molecule has 0 aliphatic carbocycles. The zero-order valence-electron chi connectivity index (χ0n) is 9.75. The predicted molar refractivity (Wildman–Crippen MR) is 65.6 cm³/mol. The Balaban J connectivity index is 1.84. The molecule has 0 unspecified atom stereocenters. The van der Waals surface area contributed by atoms with Gasteiger partial charge in [-0.1, -0.05) is 11.2 Å². The third kappa shape index (κ3) is 3.17. The van der Waals surface area contributed by atoms with Crippen molar-refractivity contribution in [2.45, 2.75) is 19.4 Å². The van der Waals surface area contributed by atoms with Crippen LogP contribution in [0.25, 0.3) is 0 Å². The van der Waals surface area contributed by atoms with Crippen molar-refractivity contribution in [3.8, 4) is 0 Å². The summed E-state index contributed by atoms with van der Waals surface area (Å²) < 4.78 is 1.72. The zero-order chi connectivity index (χ0) is 12.1. The van der Waals surface area contributed by atoms with E-state index in [1.807, 2.05) is 12.3 Å². The van der Waals surface area contributed by atoms with Gasteiger partial charge in [-0.3, -0.25) is 4.79 Å². The van der Waals surface area contributed by atoms with E-state index in [1.165, 1.54) is 0 Å². The summed E-state index contributed by atoms with van der Waals surface area (Å²) in [5, 5.41) is 11.9. The largest absolute Gasteiger partial charge is 0.411 e. The first-order valence-corrected chi connectivity index (χ1v) is 5.87. The maximum atomic E-state index is 11.5. The molecule has 0 aromatic carbocycles. The number of hydrogen-bond acceptors (Lipinski definition) is 4. The fraction of sp³-hybridized carbons (Fsp3) is 0.500. The number of oxime groups is 1. The lowest BCUT2D eigenvalue weighted by Crippen LogP contribution is -2.37. The molecular formula is C12H17N3O2. The van der Waals surface area contributed by atoms with Gasteiger partial charge >= 0.3 is 0 Å². The van der Waals surface area contributed by atoms with Crippen molar-refractivity contribution < 1.29 is 5.21 Å². The molecule has 17 heavy (non-hydrogen) atoms. The van der Waals surface area contributed by atoms with E-state index in [-0.39, 0.29) is 5.56 Å². The lowest BCUT2D eigenvalue weighted by atomic mass is 10.1. The number of hydrogen-bond donors (Lipinski definition) is 1. The summed E-state index contributed by atoms with van der Waals surface area (Å²) in [6.45, 7) is 3.38. The number of pyridine rings is 1. The van der Waals surface area contributed by atoms with Gasteiger partial charge in [0, 0.05) is 51.3 Å². The molecular weight excluding hydrogens is 218 g/mol. The smallest absolute Gasteiger partial charge is 0.250 e. The lowest BCUT2D eigenvalue weighted by Gasteiger charge is -2.26. The van der Waals surface area contributed by atoms with E-state index in [0.29, 0.717) is 6.54 Å². The van der Waals surface area contributed by atoms with Gasteiger partial charge in [0.25, 0.3) is 5.56 Å². The van der Waals surface area contributed by atoms with Crippen LogP contribution < -0.4 is 5.56 Å². The van der Waals surface area contributed by atoms with Crippen LogP contribution in [0.4, 0.5) is 0 Å². The summed E-state index contributed by atoms with van der Waals surface area (Å²) in [6.07, 6.45) is 3.45. The van der Waals surface area contributed by atoms with Gasteiger partial charge in [0.15, 0.2) is 0 Å². The van der Waals surface area contributed by atoms with Crippen LogP contribution in [0.3, 0.4) is 0 Å². The Morgan fingerprint density at radius 1 is 1.24 bits per heavy atom. The van der Waals surface area contributed by atoms with Gasteiger partial charge in [-0.05, 0) is 6.07 Å². The molecule has 5 nitrogen and oxygen atoms in total. The highest BCUT2D eigenvalue weighted by Gasteiger charge is 2.14. The van der Waals surface area contributed by atoms with Gasteiger partial charge in [-0.25, -0.2) is 0 Å². The zero-order valence-corrected chi connectivity index (χ0v) is 9.75. The van der Waals surface area contributed by atoms with Crippen LogP contribution >= 0.6 is 0 Å². The average Bonchev–Trinajstić information content (AvgIpc) is 2.38. The molecule has 0 atom stereocenters. The van der Waals surface area contributed by atoms with Crippen molar-refractivity contribution in [1.29, 1.82) is 0 Å². The van der Waals surface area contributed by atoms with E-state index < -0.39 is 0 Å². The predicted octanol–water partition coefficient (Wildman–Crippen LogP) is 0.774. The van der Waals surface area contributed by atoms with E-state index in [4.69, 9.17) is 5.21 Å². The fourth-order valence-corrected chi connectivity index (χ4v) is 2.03. The first-order valence-electron chi connectivity index (χ1n) is 5.87. The van der Waals surface area contributed by atoms with Crippen molar-refractivity contribution in [2.24, 2.45) is 5.16 Å². The number of aromatic nitrogens is 1. The molecule has 0 bridgehead atoms. The quantitative estimate of drug-likeness (QED) is 0.622. The second-order valence-electron chi connectivity index (χ2n) is 4.24. The number of rotatable bonds is 3. The molecule has 2 rings (SSSR count). The van der Waals surface area contributed by atoms with Gasteiger partial charge in [0.05, 0.1) is 5.71 Å². The lowest BCUT2D eigenvalue weighted by molar-refractivity contribution is 0.253. The minimum Gasteiger partial charge on any atom is -0.411 e. The van der Waals surface area contributed by atoms with Crippen LogP contribution in [-0.2, 0) is 6.54 Å². The Labute approximate surface area is 100.0 Å². The Morgan fingerprint density at radius 2 is 2.00 bits per heavy atom. The van der Waals surface area contributed by atoms with Crippen LogP contribution in [0, 0.1) is 0 Å². The van der Waals surface area contributed by atoms with Gasteiger partial charge < -0.3 is 14.7 Å². The van der Waals surface area contributed by atoms with Crippen molar-refractivity contribution in [1.82, 2.24) is 9.47 Å². The highest BCUT2D eigenvalue weighted by atomic mass is 16.4. The third-order valence-corrected chi connectivity index (χ3v) is 3.13. The van der Waals surface area contributed by atoms with Crippen LogP contribution in [0.2, 0.25) is 0 Å². The van der Waals surface area contributed by atoms with Gasteiger partial charge in [0.2, 0.25) is 0 Å². The molecule has 0 saturated carbocycles.